The van der Waals surface area contributed by atoms with E-state index in [0.717, 1.165) is 44.4 Å². The smallest absolute Gasteiger partial charge is 0.142 e. The first kappa shape index (κ1) is 14.6. The zero-order valence-electron chi connectivity index (χ0n) is 11.0. The van der Waals surface area contributed by atoms with Gasteiger partial charge in [-0.25, -0.2) is 8.78 Å². The second kappa shape index (κ2) is 6.57. The third kappa shape index (κ3) is 3.60. The average Bonchev–Trinajstić information content (AvgIpc) is 2.84. The van der Waals surface area contributed by atoms with Crippen LogP contribution in [0.25, 0.3) is 0 Å². The lowest BCUT2D eigenvalue weighted by Crippen LogP contribution is -2.28. The van der Waals surface area contributed by atoms with Crippen molar-refractivity contribution >= 4 is 10.8 Å². The lowest BCUT2D eigenvalue weighted by Gasteiger charge is -2.13. The van der Waals surface area contributed by atoms with E-state index in [1.54, 1.807) is 0 Å². The Morgan fingerprint density at radius 3 is 2.84 bits per heavy atom. The van der Waals surface area contributed by atoms with E-state index in [1.165, 1.54) is 6.07 Å². The van der Waals surface area contributed by atoms with Crippen LogP contribution in [0.3, 0.4) is 0 Å². The maximum absolute atomic E-state index is 13.6. The van der Waals surface area contributed by atoms with E-state index >= 15 is 0 Å². The number of hydrogen-bond acceptors (Lipinski definition) is 2. The van der Waals surface area contributed by atoms with E-state index in [2.05, 4.69) is 12.2 Å². The molecule has 0 radical (unpaired) electrons. The normalized spacial score (nSPS) is 24.6. The van der Waals surface area contributed by atoms with Crippen LogP contribution in [0.5, 0.6) is 0 Å². The van der Waals surface area contributed by atoms with Crippen molar-refractivity contribution in [2.75, 3.05) is 6.54 Å². The van der Waals surface area contributed by atoms with E-state index in [1.807, 2.05) is 0 Å². The second-order valence-electron chi connectivity index (χ2n) is 4.96. The molecule has 0 aromatic heterocycles. The number of benzene rings is 1. The summed E-state index contributed by atoms with van der Waals surface area (Å²) in [7, 11) is -1.39. The number of halogens is 2. The third-order valence-corrected chi connectivity index (χ3v) is 5.28. The molecule has 0 heterocycles. The van der Waals surface area contributed by atoms with Crippen LogP contribution in [0.1, 0.15) is 32.6 Å². The van der Waals surface area contributed by atoms with Crippen molar-refractivity contribution in [1.82, 2.24) is 5.32 Å². The molecular weight excluding hydrogens is 268 g/mol. The van der Waals surface area contributed by atoms with Crippen molar-refractivity contribution in [3.05, 3.63) is 29.8 Å². The Hall–Kier alpha value is -0.810. The molecule has 3 unspecified atom stereocenters. The average molecular weight is 287 g/mol. The Kier molecular flexibility index (Phi) is 5.05. The molecule has 106 valence electrons. The molecule has 0 saturated heterocycles. The highest BCUT2D eigenvalue weighted by Crippen LogP contribution is 2.28. The van der Waals surface area contributed by atoms with E-state index < -0.39 is 22.4 Å². The molecule has 1 aromatic carbocycles. The molecule has 0 spiro atoms. The summed E-state index contributed by atoms with van der Waals surface area (Å²) in [5.74, 6) is -1.34. The molecule has 0 amide bonds. The number of rotatable bonds is 5. The van der Waals surface area contributed by atoms with Crippen molar-refractivity contribution in [3.63, 3.8) is 0 Å². The molecule has 3 atom stereocenters. The Morgan fingerprint density at radius 2 is 2.16 bits per heavy atom. The van der Waals surface area contributed by atoms with Crippen LogP contribution in [0.15, 0.2) is 23.1 Å². The van der Waals surface area contributed by atoms with Gasteiger partial charge >= 0.3 is 0 Å². The van der Waals surface area contributed by atoms with Crippen LogP contribution in [0.4, 0.5) is 8.78 Å². The first-order valence-corrected chi connectivity index (χ1v) is 7.92. The van der Waals surface area contributed by atoms with Crippen molar-refractivity contribution in [3.8, 4) is 0 Å². The van der Waals surface area contributed by atoms with Gasteiger partial charge in [-0.15, -0.1) is 0 Å². The van der Waals surface area contributed by atoms with Crippen LogP contribution >= 0.6 is 0 Å². The molecule has 0 bridgehead atoms. The fourth-order valence-corrected chi connectivity index (χ4v) is 4.06. The molecule has 2 nitrogen and oxygen atoms in total. The molecule has 19 heavy (non-hydrogen) atoms. The first-order valence-electron chi connectivity index (χ1n) is 6.70. The molecule has 1 N–H and O–H groups in total. The minimum atomic E-state index is -1.39. The zero-order chi connectivity index (χ0) is 13.8. The summed E-state index contributed by atoms with van der Waals surface area (Å²) in [5, 5.41) is 3.37. The highest BCUT2D eigenvalue weighted by molar-refractivity contribution is 7.85. The molecule has 1 fully saturated rings. The first-order chi connectivity index (χ1) is 9.11. The summed E-state index contributed by atoms with van der Waals surface area (Å²) in [6.07, 6.45) is 3.66. The van der Waals surface area contributed by atoms with E-state index in [0.29, 0.717) is 6.04 Å². The molecule has 1 saturated carbocycles. The van der Waals surface area contributed by atoms with Gasteiger partial charge < -0.3 is 5.32 Å². The molecule has 5 heteroatoms. The topological polar surface area (TPSA) is 29.1 Å². The Labute approximate surface area is 115 Å². The van der Waals surface area contributed by atoms with Gasteiger partial charge in [0, 0.05) is 17.4 Å². The van der Waals surface area contributed by atoms with Crippen molar-refractivity contribution in [2.24, 2.45) is 0 Å². The summed E-state index contributed by atoms with van der Waals surface area (Å²) >= 11 is 0. The summed E-state index contributed by atoms with van der Waals surface area (Å²) in [6.45, 7) is 3.06. The SMILES string of the molecule is CCCNC1CCC(S(=O)c2ccc(F)cc2F)C1. The highest BCUT2D eigenvalue weighted by Gasteiger charge is 2.30. The van der Waals surface area contributed by atoms with Gasteiger partial charge in [-0.2, -0.15) is 0 Å². The second-order valence-corrected chi connectivity index (χ2v) is 6.66. The summed E-state index contributed by atoms with van der Waals surface area (Å²) in [4.78, 5) is 0.127. The summed E-state index contributed by atoms with van der Waals surface area (Å²) < 4.78 is 38.8. The minimum Gasteiger partial charge on any atom is -0.314 e. The summed E-state index contributed by atoms with van der Waals surface area (Å²) in [5.41, 5.74) is 0. The van der Waals surface area contributed by atoms with Gasteiger partial charge in [-0.3, -0.25) is 4.21 Å². The molecular formula is C14H19F2NOS. The molecule has 0 aliphatic heterocycles. The lowest BCUT2D eigenvalue weighted by molar-refractivity contribution is 0.523. The van der Waals surface area contributed by atoms with Crippen LogP contribution in [-0.4, -0.2) is 22.0 Å². The minimum absolute atomic E-state index is 0.0330. The maximum Gasteiger partial charge on any atom is 0.142 e. The van der Waals surface area contributed by atoms with E-state index in [9.17, 15) is 13.0 Å². The van der Waals surface area contributed by atoms with Gasteiger partial charge in [0.05, 0.1) is 15.7 Å². The fourth-order valence-electron chi connectivity index (χ4n) is 2.49. The van der Waals surface area contributed by atoms with Crippen molar-refractivity contribution < 1.29 is 13.0 Å². The van der Waals surface area contributed by atoms with Crippen LogP contribution in [0, 0.1) is 11.6 Å². The van der Waals surface area contributed by atoms with Crippen LogP contribution in [-0.2, 0) is 10.8 Å². The van der Waals surface area contributed by atoms with Crippen LogP contribution in [0.2, 0.25) is 0 Å². The van der Waals surface area contributed by atoms with Gasteiger partial charge in [-0.05, 0) is 44.4 Å². The Bertz CT molecular complexity index is 467. The third-order valence-electron chi connectivity index (χ3n) is 3.48. The van der Waals surface area contributed by atoms with E-state index in [4.69, 9.17) is 0 Å². The van der Waals surface area contributed by atoms with Gasteiger partial charge in [0.25, 0.3) is 0 Å². The van der Waals surface area contributed by atoms with Gasteiger partial charge in [0.15, 0.2) is 0 Å². The molecule has 1 aliphatic carbocycles. The number of hydrogen-bond donors (Lipinski definition) is 1. The molecule has 1 aromatic rings. The standard InChI is InChI=1S/C14H19F2NOS/c1-2-7-17-11-4-5-12(9-11)19(18)14-6-3-10(15)8-13(14)16/h3,6,8,11-12,17H,2,4-5,7,9H2,1H3. The quantitative estimate of drug-likeness (QED) is 0.902. The predicted molar refractivity (Wildman–Crippen MR) is 72.5 cm³/mol. The van der Waals surface area contributed by atoms with Gasteiger partial charge in [0.2, 0.25) is 0 Å². The number of nitrogens with one attached hydrogen (secondary N) is 1. The lowest BCUT2D eigenvalue weighted by atomic mass is 10.2. The summed E-state index contributed by atoms with van der Waals surface area (Å²) in [6, 6.07) is 3.64. The van der Waals surface area contributed by atoms with Gasteiger partial charge in [-0.1, -0.05) is 6.92 Å². The van der Waals surface area contributed by atoms with E-state index in [-0.39, 0.29) is 10.1 Å². The molecule has 1 aliphatic rings. The molecule has 2 rings (SSSR count). The highest BCUT2D eigenvalue weighted by atomic mass is 32.2. The van der Waals surface area contributed by atoms with Crippen LogP contribution < -0.4 is 5.32 Å². The zero-order valence-corrected chi connectivity index (χ0v) is 11.8. The van der Waals surface area contributed by atoms with Gasteiger partial charge in [0.1, 0.15) is 11.6 Å². The largest absolute Gasteiger partial charge is 0.314 e. The maximum atomic E-state index is 13.6. The van der Waals surface area contributed by atoms with Crippen molar-refractivity contribution in [2.45, 2.75) is 48.8 Å². The Balaban J connectivity index is 2.01. The fraction of sp³-hybridized carbons (Fsp3) is 0.571. The monoisotopic (exact) mass is 287 g/mol. The van der Waals surface area contributed by atoms with Crippen molar-refractivity contribution in [1.29, 1.82) is 0 Å². The Morgan fingerprint density at radius 1 is 1.37 bits per heavy atom. The predicted octanol–water partition coefficient (Wildman–Crippen LogP) is 2.99.